The molecule has 0 radical (unpaired) electrons. The highest BCUT2D eigenvalue weighted by molar-refractivity contribution is 7.91. The Morgan fingerprint density at radius 1 is 1.28 bits per heavy atom. The average molecular weight is 268 g/mol. The van der Waals surface area contributed by atoms with E-state index in [4.69, 9.17) is 5.73 Å². The van der Waals surface area contributed by atoms with Gasteiger partial charge in [-0.05, 0) is 37.1 Å². The van der Waals surface area contributed by atoms with Crippen molar-refractivity contribution in [2.75, 3.05) is 23.7 Å². The molecule has 1 aromatic carbocycles. The Hall–Kier alpha value is -1.07. The Balaban J connectivity index is 2.20. The van der Waals surface area contributed by atoms with Gasteiger partial charge in [0.05, 0.1) is 10.6 Å². The zero-order chi connectivity index (χ0) is 13.2. The van der Waals surface area contributed by atoms with Gasteiger partial charge < -0.3 is 10.6 Å². The summed E-state index contributed by atoms with van der Waals surface area (Å²) in [6.07, 6.45) is 2.41. The van der Waals surface area contributed by atoms with Crippen LogP contribution in [0.4, 0.5) is 5.69 Å². The predicted octanol–water partition coefficient (Wildman–Crippen LogP) is 1.41. The van der Waals surface area contributed by atoms with Crippen molar-refractivity contribution in [3.63, 3.8) is 0 Å². The Kier molecular flexibility index (Phi) is 3.92. The summed E-state index contributed by atoms with van der Waals surface area (Å²) >= 11 is 0. The van der Waals surface area contributed by atoms with Crippen molar-refractivity contribution in [2.24, 2.45) is 5.73 Å². The first-order chi connectivity index (χ1) is 8.58. The molecule has 0 amide bonds. The minimum atomic E-state index is -3.10. The quantitative estimate of drug-likeness (QED) is 0.847. The molecule has 0 aliphatic heterocycles. The lowest BCUT2D eigenvalue weighted by Crippen LogP contribution is -2.31. The van der Waals surface area contributed by atoms with Gasteiger partial charge in [0.15, 0.2) is 9.84 Å². The average Bonchev–Trinajstić information content (AvgIpc) is 3.20. The number of hydrogen-bond donors (Lipinski definition) is 1. The molecule has 2 N–H and O–H groups in total. The van der Waals surface area contributed by atoms with Gasteiger partial charge in [-0.1, -0.05) is 6.92 Å². The van der Waals surface area contributed by atoms with Gasteiger partial charge in [-0.25, -0.2) is 8.42 Å². The van der Waals surface area contributed by atoms with E-state index in [2.05, 4.69) is 4.90 Å². The maximum absolute atomic E-state index is 11.7. The van der Waals surface area contributed by atoms with Gasteiger partial charge in [-0.3, -0.25) is 0 Å². The van der Waals surface area contributed by atoms with Crippen molar-refractivity contribution in [1.29, 1.82) is 0 Å². The molecule has 1 aromatic rings. The lowest BCUT2D eigenvalue weighted by Gasteiger charge is -2.24. The van der Waals surface area contributed by atoms with Crippen LogP contribution < -0.4 is 10.6 Å². The van der Waals surface area contributed by atoms with E-state index in [9.17, 15) is 8.42 Å². The summed E-state index contributed by atoms with van der Waals surface area (Å²) in [5.74, 6) is 0.140. The number of anilines is 1. The largest absolute Gasteiger partial charge is 0.367 e. The maximum Gasteiger partial charge on any atom is 0.178 e. The molecule has 18 heavy (non-hydrogen) atoms. The van der Waals surface area contributed by atoms with Gasteiger partial charge in [-0.15, -0.1) is 0 Å². The number of rotatable bonds is 6. The summed E-state index contributed by atoms with van der Waals surface area (Å²) in [5.41, 5.74) is 6.68. The molecule has 5 heteroatoms. The molecule has 0 bridgehead atoms. The molecule has 0 saturated heterocycles. The SMILES string of the molecule is CCS(=O)(=O)c1ccc(N(CCN)C2CC2)cc1. The van der Waals surface area contributed by atoms with Crippen molar-refractivity contribution in [3.8, 4) is 0 Å². The molecule has 1 fully saturated rings. The van der Waals surface area contributed by atoms with Crippen molar-refractivity contribution in [2.45, 2.75) is 30.7 Å². The highest BCUT2D eigenvalue weighted by Gasteiger charge is 2.28. The van der Waals surface area contributed by atoms with Gasteiger partial charge in [0.25, 0.3) is 0 Å². The Labute approximate surface area is 109 Å². The molecule has 100 valence electrons. The third-order valence-electron chi connectivity index (χ3n) is 3.27. The van der Waals surface area contributed by atoms with Crippen molar-refractivity contribution < 1.29 is 8.42 Å². The second-order valence-corrected chi connectivity index (χ2v) is 6.89. The number of nitrogens with two attached hydrogens (primary N) is 1. The smallest absolute Gasteiger partial charge is 0.178 e. The third kappa shape index (κ3) is 2.84. The summed E-state index contributed by atoms with van der Waals surface area (Å²) in [6, 6.07) is 7.75. The predicted molar refractivity (Wildman–Crippen MR) is 73.6 cm³/mol. The van der Waals surface area contributed by atoms with Crippen molar-refractivity contribution in [1.82, 2.24) is 0 Å². The van der Waals surface area contributed by atoms with Crippen LogP contribution in [-0.4, -0.2) is 33.3 Å². The highest BCUT2D eigenvalue weighted by atomic mass is 32.2. The monoisotopic (exact) mass is 268 g/mol. The van der Waals surface area contributed by atoms with Crippen LogP contribution in [0, 0.1) is 0 Å². The van der Waals surface area contributed by atoms with E-state index in [0.717, 1.165) is 12.2 Å². The van der Waals surface area contributed by atoms with Crippen LogP contribution in [0.25, 0.3) is 0 Å². The van der Waals surface area contributed by atoms with E-state index in [1.165, 1.54) is 12.8 Å². The molecule has 4 nitrogen and oxygen atoms in total. The van der Waals surface area contributed by atoms with E-state index < -0.39 is 9.84 Å². The molecule has 0 spiro atoms. The zero-order valence-electron chi connectivity index (χ0n) is 10.7. The summed E-state index contributed by atoms with van der Waals surface area (Å²) in [7, 11) is -3.10. The minimum Gasteiger partial charge on any atom is -0.367 e. The first-order valence-corrected chi connectivity index (χ1v) is 8.03. The Morgan fingerprint density at radius 3 is 2.33 bits per heavy atom. The number of sulfone groups is 1. The van der Waals surface area contributed by atoms with Gasteiger partial charge >= 0.3 is 0 Å². The van der Waals surface area contributed by atoms with E-state index in [1.807, 2.05) is 12.1 Å². The van der Waals surface area contributed by atoms with E-state index in [-0.39, 0.29) is 5.75 Å². The molecule has 1 aliphatic carbocycles. The van der Waals surface area contributed by atoms with Crippen LogP contribution in [0.2, 0.25) is 0 Å². The van der Waals surface area contributed by atoms with Gasteiger partial charge in [0, 0.05) is 24.8 Å². The molecule has 0 aromatic heterocycles. The van der Waals surface area contributed by atoms with Crippen molar-refractivity contribution in [3.05, 3.63) is 24.3 Å². The van der Waals surface area contributed by atoms with Gasteiger partial charge in [0.2, 0.25) is 0 Å². The minimum absolute atomic E-state index is 0.140. The highest BCUT2D eigenvalue weighted by Crippen LogP contribution is 2.31. The van der Waals surface area contributed by atoms with Crippen LogP contribution >= 0.6 is 0 Å². The summed E-state index contributed by atoms with van der Waals surface area (Å²) in [4.78, 5) is 2.67. The molecule has 0 heterocycles. The number of nitrogens with zero attached hydrogens (tertiary/aromatic N) is 1. The fourth-order valence-electron chi connectivity index (χ4n) is 2.06. The van der Waals surface area contributed by atoms with Crippen LogP contribution in [0.1, 0.15) is 19.8 Å². The summed E-state index contributed by atoms with van der Waals surface area (Å²) < 4.78 is 23.4. The van der Waals surface area contributed by atoms with E-state index in [1.54, 1.807) is 19.1 Å². The second kappa shape index (κ2) is 5.28. The lowest BCUT2D eigenvalue weighted by atomic mass is 10.3. The Bertz CT molecular complexity index is 492. The van der Waals surface area contributed by atoms with Crippen LogP contribution in [-0.2, 0) is 9.84 Å². The van der Waals surface area contributed by atoms with Gasteiger partial charge in [-0.2, -0.15) is 0 Å². The standard InChI is InChI=1S/C13H20N2O2S/c1-2-18(16,17)13-7-5-12(6-8-13)15(10-9-14)11-3-4-11/h5-8,11H,2-4,9-10,14H2,1H3. The lowest BCUT2D eigenvalue weighted by molar-refractivity contribution is 0.597. The molecule has 0 atom stereocenters. The topological polar surface area (TPSA) is 63.4 Å². The van der Waals surface area contributed by atoms with E-state index >= 15 is 0 Å². The van der Waals surface area contributed by atoms with Crippen LogP contribution in [0.3, 0.4) is 0 Å². The van der Waals surface area contributed by atoms with Crippen LogP contribution in [0.5, 0.6) is 0 Å². The first-order valence-electron chi connectivity index (χ1n) is 6.38. The molecule has 1 aliphatic rings. The first kappa shape index (κ1) is 13.4. The zero-order valence-corrected chi connectivity index (χ0v) is 11.5. The van der Waals surface area contributed by atoms with E-state index in [0.29, 0.717) is 17.5 Å². The maximum atomic E-state index is 11.7. The third-order valence-corrected chi connectivity index (χ3v) is 5.02. The molecule has 0 unspecified atom stereocenters. The molecular weight excluding hydrogens is 248 g/mol. The second-order valence-electron chi connectivity index (χ2n) is 4.61. The normalized spacial score (nSPS) is 15.7. The summed E-state index contributed by atoms with van der Waals surface area (Å²) in [5, 5.41) is 0. The fraction of sp³-hybridized carbons (Fsp3) is 0.538. The van der Waals surface area contributed by atoms with Gasteiger partial charge in [0.1, 0.15) is 0 Å². The number of benzene rings is 1. The summed E-state index contributed by atoms with van der Waals surface area (Å²) in [6.45, 7) is 3.10. The molecular formula is C13H20N2O2S. The number of hydrogen-bond acceptors (Lipinski definition) is 4. The Morgan fingerprint density at radius 2 is 1.89 bits per heavy atom. The molecule has 1 saturated carbocycles. The molecule has 2 rings (SSSR count). The van der Waals surface area contributed by atoms with Crippen molar-refractivity contribution >= 4 is 15.5 Å². The van der Waals surface area contributed by atoms with Crippen LogP contribution in [0.15, 0.2) is 29.2 Å². The fourth-order valence-corrected chi connectivity index (χ4v) is 2.94.